The van der Waals surface area contributed by atoms with E-state index in [2.05, 4.69) is 15.3 Å². The molecule has 0 bridgehead atoms. The molecule has 0 unspecified atom stereocenters. The molecular weight excluding hydrogens is 362 g/mol. The Kier molecular flexibility index (Phi) is 5.41. The van der Waals surface area contributed by atoms with Crippen molar-refractivity contribution in [3.8, 4) is 0 Å². The number of nitrogens with zero attached hydrogens (tertiary/aromatic N) is 3. The molecular formula is C16H20ClN5O2S. The van der Waals surface area contributed by atoms with Crippen molar-refractivity contribution in [1.29, 1.82) is 0 Å². The summed E-state index contributed by atoms with van der Waals surface area (Å²) in [5.41, 5.74) is 6.24. The molecule has 1 fully saturated rings. The summed E-state index contributed by atoms with van der Waals surface area (Å²) < 4.78 is 27.5. The first kappa shape index (κ1) is 17.9. The monoisotopic (exact) mass is 381 g/mol. The molecule has 0 atom stereocenters. The molecule has 0 saturated carbocycles. The van der Waals surface area contributed by atoms with Crippen LogP contribution < -0.4 is 11.1 Å². The van der Waals surface area contributed by atoms with E-state index in [9.17, 15) is 8.42 Å². The minimum Gasteiger partial charge on any atom is -0.368 e. The van der Waals surface area contributed by atoms with Crippen LogP contribution in [0.15, 0.2) is 35.2 Å². The summed E-state index contributed by atoms with van der Waals surface area (Å²) in [6, 6.07) is 8.52. The number of halogens is 1. The molecule has 134 valence electrons. The van der Waals surface area contributed by atoms with Crippen molar-refractivity contribution in [1.82, 2.24) is 14.3 Å². The minimum absolute atomic E-state index is 0.0595. The Hall–Kier alpha value is -1.90. The van der Waals surface area contributed by atoms with Crippen LogP contribution in [0.4, 0.5) is 11.8 Å². The average molecular weight is 382 g/mol. The van der Waals surface area contributed by atoms with Gasteiger partial charge in [-0.1, -0.05) is 36.2 Å². The summed E-state index contributed by atoms with van der Waals surface area (Å²) in [5.74, 6) is 0.506. The second kappa shape index (κ2) is 7.55. The number of hydrogen-bond donors (Lipinski definition) is 2. The smallest absolute Gasteiger partial charge is 0.243 e. The van der Waals surface area contributed by atoms with Gasteiger partial charge in [-0.2, -0.15) is 9.29 Å². The number of benzene rings is 1. The van der Waals surface area contributed by atoms with Crippen molar-refractivity contribution < 1.29 is 8.42 Å². The normalized spacial score (nSPS) is 15.9. The van der Waals surface area contributed by atoms with E-state index in [1.807, 2.05) is 6.07 Å². The van der Waals surface area contributed by atoms with E-state index in [0.29, 0.717) is 29.4 Å². The predicted molar refractivity (Wildman–Crippen MR) is 97.8 cm³/mol. The Morgan fingerprint density at radius 1 is 1.16 bits per heavy atom. The van der Waals surface area contributed by atoms with E-state index >= 15 is 0 Å². The van der Waals surface area contributed by atoms with E-state index in [0.717, 1.165) is 19.3 Å². The van der Waals surface area contributed by atoms with Crippen molar-refractivity contribution in [3.05, 3.63) is 41.0 Å². The highest BCUT2D eigenvalue weighted by Crippen LogP contribution is 2.24. The summed E-state index contributed by atoms with van der Waals surface area (Å²) in [6.07, 6.45) is 2.88. The van der Waals surface area contributed by atoms with Gasteiger partial charge in [0, 0.05) is 25.7 Å². The Morgan fingerprint density at radius 3 is 2.60 bits per heavy atom. The molecule has 0 radical (unpaired) electrons. The lowest BCUT2D eigenvalue weighted by molar-refractivity contribution is 0.346. The van der Waals surface area contributed by atoms with Gasteiger partial charge in [0.15, 0.2) is 0 Å². The molecule has 1 aliphatic rings. The molecule has 7 nitrogen and oxygen atoms in total. The van der Waals surface area contributed by atoms with Crippen LogP contribution in [0.1, 0.15) is 24.8 Å². The van der Waals surface area contributed by atoms with Crippen molar-refractivity contribution in [2.75, 3.05) is 24.1 Å². The molecule has 3 N–H and O–H groups in total. The molecule has 9 heteroatoms. The molecule has 0 amide bonds. The predicted octanol–water partition coefficient (Wildman–Crippen LogP) is 2.50. The van der Waals surface area contributed by atoms with E-state index in [-0.39, 0.29) is 17.6 Å². The fourth-order valence-electron chi connectivity index (χ4n) is 2.86. The zero-order valence-electron chi connectivity index (χ0n) is 13.7. The molecule has 3 rings (SSSR count). The largest absolute Gasteiger partial charge is 0.368 e. The lowest BCUT2D eigenvalue weighted by Crippen LogP contribution is -2.36. The first-order chi connectivity index (χ1) is 12.0. The number of piperidine rings is 1. The maximum absolute atomic E-state index is 13.0. The summed E-state index contributed by atoms with van der Waals surface area (Å²) in [5, 5.41) is 3.29. The molecule has 0 spiro atoms. The van der Waals surface area contributed by atoms with Crippen LogP contribution in [0.25, 0.3) is 0 Å². The fraction of sp³-hybridized carbons (Fsp3) is 0.375. The molecule has 1 saturated heterocycles. The Balaban J connectivity index is 1.83. The molecule has 25 heavy (non-hydrogen) atoms. The zero-order chi connectivity index (χ0) is 17.9. The van der Waals surface area contributed by atoms with Crippen molar-refractivity contribution in [2.45, 2.75) is 30.7 Å². The number of rotatable bonds is 5. The van der Waals surface area contributed by atoms with Gasteiger partial charge in [-0.05, 0) is 24.5 Å². The molecule has 0 aliphatic carbocycles. The number of nitrogen functional groups attached to an aromatic ring is 1. The van der Waals surface area contributed by atoms with Gasteiger partial charge in [0.25, 0.3) is 0 Å². The van der Waals surface area contributed by atoms with E-state index in [1.165, 1.54) is 0 Å². The van der Waals surface area contributed by atoms with Gasteiger partial charge in [0.2, 0.25) is 16.0 Å². The summed E-state index contributed by atoms with van der Waals surface area (Å²) in [4.78, 5) is 8.16. The van der Waals surface area contributed by atoms with Crippen molar-refractivity contribution in [2.24, 2.45) is 0 Å². The number of aromatic nitrogens is 2. The van der Waals surface area contributed by atoms with Crippen LogP contribution in [0.3, 0.4) is 0 Å². The van der Waals surface area contributed by atoms with E-state index in [4.69, 9.17) is 17.3 Å². The number of anilines is 2. The topological polar surface area (TPSA) is 101 Å². The molecule has 2 aromatic rings. The molecule has 1 aromatic heterocycles. The summed E-state index contributed by atoms with van der Waals surface area (Å²) in [6.45, 7) is 1.43. The maximum atomic E-state index is 13.0. The number of hydrogen-bond acceptors (Lipinski definition) is 6. The van der Waals surface area contributed by atoms with Crippen LogP contribution in [0, 0.1) is 0 Å². The zero-order valence-corrected chi connectivity index (χ0v) is 15.2. The Morgan fingerprint density at radius 2 is 1.88 bits per heavy atom. The first-order valence-electron chi connectivity index (χ1n) is 8.09. The SMILES string of the molecule is Nc1nc(Cl)cc(NCc2ccccc2S(=O)(=O)N2CCCCC2)n1. The van der Waals surface area contributed by atoms with Gasteiger partial charge in [0.1, 0.15) is 11.0 Å². The van der Waals surface area contributed by atoms with E-state index < -0.39 is 10.0 Å². The molecule has 1 aromatic carbocycles. The first-order valence-corrected chi connectivity index (χ1v) is 9.90. The van der Waals surface area contributed by atoms with Crippen molar-refractivity contribution >= 4 is 33.4 Å². The van der Waals surface area contributed by atoms with Crippen LogP contribution in [-0.4, -0.2) is 35.8 Å². The van der Waals surface area contributed by atoms with Crippen LogP contribution in [0.5, 0.6) is 0 Å². The highest BCUT2D eigenvalue weighted by Gasteiger charge is 2.27. The minimum atomic E-state index is -3.50. The second-order valence-electron chi connectivity index (χ2n) is 5.86. The van der Waals surface area contributed by atoms with Gasteiger partial charge in [-0.15, -0.1) is 0 Å². The highest BCUT2D eigenvalue weighted by molar-refractivity contribution is 7.89. The third-order valence-electron chi connectivity index (χ3n) is 4.08. The number of sulfonamides is 1. The van der Waals surface area contributed by atoms with Gasteiger partial charge >= 0.3 is 0 Å². The third kappa shape index (κ3) is 4.20. The molecule has 2 heterocycles. The Bertz CT molecular complexity index is 833. The van der Waals surface area contributed by atoms with Crippen molar-refractivity contribution in [3.63, 3.8) is 0 Å². The number of nitrogens with two attached hydrogens (primary N) is 1. The van der Waals surface area contributed by atoms with Gasteiger partial charge < -0.3 is 11.1 Å². The van der Waals surface area contributed by atoms with Gasteiger partial charge in [0.05, 0.1) is 4.90 Å². The lowest BCUT2D eigenvalue weighted by atomic mass is 10.2. The maximum Gasteiger partial charge on any atom is 0.243 e. The van der Waals surface area contributed by atoms with Crippen LogP contribution in [-0.2, 0) is 16.6 Å². The van der Waals surface area contributed by atoms with Crippen LogP contribution >= 0.6 is 11.6 Å². The van der Waals surface area contributed by atoms with Crippen LogP contribution in [0.2, 0.25) is 5.15 Å². The van der Waals surface area contributed by atoms with E-state index in [1.54, 1.807) is 28.6 Å². The number of nitrogens with one attached hydrogen (secondary N) is 1. The van der Waals surface area contributed by atoms with Gasteiger partial charge in [-0.3, -0.25) is 0 Å². The lowest BCUT2D eigenvalue weighted by Gasteiger charge is -2.26. The summed E-state index contributed by atoms with van der Waals surface area (Å²) >= 11 is 5.86. The average Bonchev–Trinajstić information content (AvgIpc) is 2.60. The third-order valence-corrected chi connectivity index (χ3v) is 6.27. The standard InChI is InChI=1S/C16H20ClN5O2S/c17-14-10-15(21-16(18)20-14)19-11-12-6-2-3-7-13(12)25(23,24)22-8-4-1-5-9-22/h2-3,6-7,10H,1,4-5,8-9,11H2,(H3,18,19,20,21). The fourth-order valence-corrected chi connectivity index (χ4v) is 4.79. The highest BCUT2D eigenvalue weighted by atomic mass is 35.5. The summed E-state index contributed by atoms with van der Waals surface area (Å²) in [7, 11) is -3.50. The second-order valence-corrected chi connectivity index (χ2v) is 8.15. The van der Waals surface area contributed by atoms with Gasteiger partial charge in [-0.25, -0.2) is 13.4 Å². The molecule has 1 aliphatic heterocycles. The quantitative estimate of drug-likeness (QED) is 0.771. The Labute approximate surface area is 152 Å².